The van der Waals surface area contributed by atoms with Crippen molar-refractivity contribution in [2.75, 3.05) is 13.2 Å². The Morgan fingerprint density at radius 3 is 2.90 bits per heavy atom. The average molecular weight is 142 g/mol. The summed E-state index contributed by atoms with van der Waals surface area (Å²) in [6.07, 6.45) is 6.31. The van der Waals surface area contributed by atoms with Gasteiger partial charge in [-0.05, 0) is 6.42 Å². The van der Waals surface area contributed by atoms with E-state index in [0.717, 1.165) is 6.42 Å². The molecule has 0 rings (SSSR count). The van der Waals surface area contributed by atoms with Gasteiger partial charge in [0.15, 0.2) is 0 Å². The maximum atomic E-state index is 9.87. The maximum Gasteiger partial charge on any atom is 0.329 e. The zero-order chi connectivity index (χ0) is 7.82. The zero-order valence-corrected chi connectivity index (χ0v) is 5.67. The molecule has 0 unspecified atom stereocenters. The number of unbranched alkanes of at least 4 members (excludes halogenated alkanes) is 1. The number of carbonyl (C=O) groups is 1. The van der Waals surface area contributed by atoms with E-state index in [0.29, 0.717) is 13.0 Å². The Kier molecular flexibility index (Phi) is 5.50. The summed E-state index contributed by atoms with van der Waals surface area (Å²) in [5, 5.41) is 8.10. The monoisotopic (exact) mass is 142 g/mol. The summed E-state index contributed by atoms with van der Waals surface area (Å²) in [6.45, 7) is 0.196. The summed E-state index contributed by atoms with van der Waals surface area (Å²) in [5.74, 6) is 1.48. The molecule has 10 heavy (non-hydrogen) atoms. The van der Waals surface area contributed by atoms with Gasteiger partial charge in [0.25, 0.3) is 0 Å². The quantitative estimate of drug-likeness (QED) is 0.449. The minimum absolute atomic E-state index is 0.232. The lowest BCUT2D eigenvalue weighted by Gasteiger charge is -1.96. The highest BCUT2D eigenvalue weighted by atomic mass is 16.5. The molecule has 0 heterocycles. The molecule has 0 aromatic heterocycles. The predicted octanol–water partition coefficient (Wildman–Crippen LogP) is 0.501. The first-order valence-electron chi connectivity index (χ1n) is 3.00. The number of hydrogen-bond acceptors (Lipinski definition) is 2. The van der Waals surface area contributed by atoms with E-state index in [-0.39, 0.29) is 6.61 Å². The predicted molar refractivity (Wildman–Crippen MR) is 36.5 cm³/mol. The second-order valence-corrected chi connectivity index (χ2v) is 1.75. The third-order valence-electron chi connectivity index (χ3n) is 0.835. The fourth-order valence-corrected chi connectivity index (χ4v) is 0.436. The molecule has 0 fully saturated rings. The fourth-order valence-electron chi connectivity index (χ4n) is 0.436. The molecule has 0 saturated heterocycles. The molecule has 0 atom stereocenters. The first-order valence-corrected chi connectivity index (χ1v) is 3.00. The third-order valence-corrected chi connectivity index (χ3v) is 0.835. The minimum Gasteiger partial charge on any atom is -0.480 e. The second-order valence-electron chi connectivity index (χ2n) is 1.75. The molecule has 3 heteroatoms. The standard InChI is InChI=1S/C7H10O3/c1-2-3-4-5-10-6-7(8)9/h1H,3-6H2,(H,8,9). The molecule has 0 spiro atoms. The van der Waals surface area contributed by atoms with Crippen molar-refractivity contribution >= 4 is 5.97 Å². The SMILES string of the molecule is C#CCCCOCC(=O)O. The molecular weight excluding hydrogens is 132 g/mol. The fraction of sp³-hybridized carbons (Fsp3) is 0.571. The molecule has 3 nitrogen and oxygen atoms in total. The van der Waals surface area contributed by atoms with Crippen LogP contribution in [0.3, 0.4) is 0 Å². The molecule has 56 valence electrons. The first kappa shape index (κ1) is 8.99. The van der Waals surface area contributed by atoms with E-state index >= 15 is 0 Å². The number of carboxylic acid groups (broad SMARTS) is 1. The molecule has 0 saturated carbocycles. The van der Waals surface area contributed by atoms with E-state index in [1.165, 1.54) is 0 Å². The summed E-state index contributed by atoms with van der Waals surface area (Å²) >= 11 is 0. The van der Waals surface area contributed by atoms with Crippen LogP contribution in [0.4, 0.5) is 0 Å². The number of terminal acetylenes is 1. The number of aliphatic carboxylic acids is 1. The van der Waals surface area contributed by atoms with Gasteiger partial charge in [0.2, 0.25) is 0 Å². The Morgan fingerprint density at radius 2 is 2.40 bits per heavy atom. The summed E-state index contributed by atoms with van der Waals surface area (Å²) in [6, 6.07) is 0. The van der Waals surface area contributed by atoms with Crippen molar-refractivity contribution in [3.8, 4) is 12.3 Å². The van der Waals surface area contributed by atoms with Crippen molar-refractivity contribution in [3.05, 3.63) is 0 Å². The van der Waals surface area contributed by atoms with Crippen LogP contribution in [0, 0.1) is 12.3 Å². The van der Waals surface area contributed by atoms with Gasteiger partial charge in [0.1, 0.15) is 6.61 Å². The van der Waals surface area contributed by atoms with Gasteiger partial charge in [-0.3, -0.25) is 0 Å². The van der Waals surface area contributed by atoms with Gasteiger partial charge in [0.05, 0.1) is 0 Å². The number of carboxylic acids is 1. The molecule has 0 radical (unpaired) electrons. The summed E-state index contributed by atoms with van der Waals surface area (Å²) in [4.78, 5) is 9.87. The molecule has 1 N–H and O–H groups in total. The number of hydrogen-bond donors (Lipinski definition) is 1. The van der Waals surface area contributed by atoms with Crippen LogP contribution in [-0.2, 0) is 9.53 Å². The van der Waals surface area contributed by atoms with E-state index in [9.17, 15) is 4.79 Å². The largest absolute Gasteiger partial charge is 0.480 e. The van der Waals surface area contributed by atoms with Crippen LogP contribution in [-0.4, -0.2) is 24.3 Å². The van der Waals surface area contributed by atoms with Gasteiger partial charge in [-0.1, -0.05) is 0 Å². The van der Waals surface area contributed by atoms with E-state index in [4.69, 9.17) is 16.3 Å². The third kappa shape index (κ3) is 6.99. The Morgan fingerprint density at radius 1 is 1.70 bits per heavy atom. The molecule has 0 bridgehead atoms. The maximum absolute atomic E-state index is 9.87. The van der Waals surface area contributed by atoms with Crippen LogP contribution in [0.25, 0.3) is 0 Å². The zero-order valence-electron chi connectivity index (χ0n) is 5.67. The highest BCUT2D eigenvalue weighted by molar-refractivity contribution is 5.67. The van der Waals surface area contributed by atoms with E-state index < -0.39 is 5.97 Å². The summed E-state index contributed by atoms with van der Waals surface area (Å²) < 4.78 is 4.70. The van der Waals surface area contributed by atoms with Gasteiger partial charge in [-0.2, -0.15) is 0 Å². The van der Waals surface area contributed by atoms with Crippen molar-refractivity contribution in [3.63, 3.8) is 0 Å². The Bertz CT molecular complexity index is 134. The molecule has 0 aliphatic heterocycles. The van der Waals surface area contributed by atoms with Gasteiger partial charge in [0, 0.05) is 13.0 Å². The van der Waals surface area contributed by atoms with Crippen molar-refractivity contribution in [1.82, 2.24) is 0 Å². The molecule has 0 aliphatic carbocycles. The molecule has 0 aromatic carbocycles. The lowest BCUT2D eigenvalue weighted by atomic mass is 10.3. The Balaban J connectivity index is 2.92. The normalized spacial score (nSPS) is 8.70. The Labute approximate surface area is 60.0 Å². The van der Waals surface area contributed by atoms with Crippen LogP contribution < -0.4 is 0 Å². The van der Waals surface area contributed by atoms with E-state index in [1.807, 2.05) is 0 Å². The van der Waals surface area contributed by atoms with Gasteiger partial charge >= 0.3 is 5.97 Å². The highest BCUT2D eigenvalue weighted by Crippen LogP contribution is 1.86. The first-order chi connectivity index (χ1) is 4.77. The number of ether oxygens (including phenoxy) is 1. The lowest BCUT2D eigenvalue weighted by molar-refractivity contribution is -0.142. The van der Waals surface area contributed by atoms with E-state index in [2.05, 4.69) is 5.92 Å². The second kappa shape index (κ2) is 6.12. The molecular formula is C7H10O3. The van der Waals surface area contributed by atoms with Crippen molar-refractivity contribution in [2.24, 2.45) is 0 Å². The number of rotatable bonds is 5. The van der Waals surface area contributed by atoms with Gasteiger partial charge < -0.3 is 9.84 Å². The van der Waals surface area contributed by atoms with Gasteiger partial charge in [-0.25, -0.2) is 4.79 Å². The highest BCUT2D eigenvalue weighted by Gasteiger charge is 1.93. The Hall–Kier alpha value is -1.01. The topological polar surface area (TPSA) is 46.5 Å². The molecule has 0 aliphatic rings. The van der Waals surface area contributed by atoms with Crippen molar-refractivity contribution < 1.29 is 14.6 Å². The van der Waals surface area contributed by atoms with Crippen LogP contribution in [0.15, 0.2) is 0 Å². The van der Waals surface area contributed by atoms with E-state index in [1.54, 1.807) is 0 Å². The summed E-state index contributed by atoms with van der Waals surface area (Å²) in [7, 11) is 0. The van der Waals surface area contributed by atoms with Crippen LogP contribution in [0.1, 0.15) is 12.8 Å². The van der Waals surface area contributed by atoms with Crippen LogP contribution in [0.5, 0.6) is 0 Å². The van der Waals surface area contributed by atoms with Crippen LogP contribution >= 0.6 is 0 Å². The molecule has 0 amide bonds. The average Bonchev–Trinajstić information content (AvgIpc) is 1.87. The minimum atomic E-state index is -0.944. The van der Waals surface area contributed by atoms with Crippen molar-refractivity contribution in [2.45, 2.75) is 12.8 Å². The molecule has 0 aromatic rings. The summed E-state index contributed by atoms with van der Waals surface area (Å²) in [5.41, 5.74) is 0. The van der Waals surface area contributed by atoms with Crippen molar-refractivity contribution in [1.29, 1.82) is 0 Å². The smallest absolute Gasteiger partial charge is 0.329 e. The lowest BCUT2D eigenvalue weighted by Crippen LogP contribution is -2.07. The van der Waals surface area contributed by atoms with Gasteiger partial charge in [-0.15, -0.1) is 12.3 Å². The van der Waals surface area contributed by atoms with Crippen LogP contribution in [0.2, 0.25) is 0 Å².